The molecule has 1 N–H and O–H groups in total. The Bertz CT molecular complexity index is 483. The van der Waals surface area contributed by atoms with Gasteiger partial charge in [0.25, 0.3) is 0 Å². The Morgan fingerprint density at radius 2 is 1.89 bits per heavy atom. The van der Waals surface area contributed by atoms with Crippen LogP contribution >= 0.6 is 0 Å². The highest BCUT2D eigenvalue weighted by Crippen LogP contribution is 2.42. The van der Waals surface area contributed by atoms with Crippen LogP contribution < -0.4 is 5.32 Å². The molecule has 19 heavy (non-hydrogen) atoms. The van der Waals surface area contributed by atoms with E-state index in [0.29, 0.717) is 0 Å². The van der Waals surface area contributed by atoms with Crippen molar-refractivity contribution < 1.29 is 4.39 Å². The van der Waals surface area contributed by atoms with Crippen LogP contribution in [0.4, 0.5) is 4.39 Å². The molecule has 102 valence electrons. The minimum absolute atomic E-state index is 0.0676. The van der Waals surface area contributed by atoms with Gasteiger partial charge >= 0.3 is 0 Å². The number of aryl methyl sites for hydroxylation is 2. The van der Waals surface area contributed by atoms with Crippen LogP contribution in [-0.2, 0) is 6.54 Å². The summed E-state index contributed by atoms with van der Waals surface area (Å²) in [5, 5.41) is 3.55. The quantitative estimate of drug-likeness (QED) is 0.812. The topological polar surface area (TPSA) is 12.0 Å². The molecule has 0 heterocycles. The van der Waals surface area contributed by atoms with E-state index >= 15 is 0 Å². The molecule has 2 heteroatoms. The summed E-state index contributed by atoms with van der Waals surface area (Å²) in [6, 6.07) is 3.91. The molecule has 0 amide bonds. The van der Waals surface area contributed by atoms with Crippen molar-refractivity contribution >= 4 is 0 Å². The molecule has 0 aliphatic heterocycles. The van der Waals surface area contributed by atoms with Crippen molar-refractivity contribution in [3.8, 4) is 0 Å². The van der Waals surface area contributed by atoms with Crippen molar-refractivity contribution in [3.63, 3.8) is 0 Å². The Labute approximate surface area is 114 Å². The summed E-state index contributed by atoms with van der Waals surface area (Å²) >= 11 is 0. The van der Waals surface area contributed by atoms with Gasteiger partial charge in [0, 0.05) is 6.54 Å². The van der Waals surface area contributed by atoms with Crippen LogP contribution in [0.1, 0.15) is 29.5 Å². The lowest BCUT2D eigenvalue weighted by Crippen LogP contribution is -2.25. The molecule has 0 saturated heterocycles. The monoisotopic (exact) mass is 259 g/mol. The van der Waals surface area contributed by atoms with Gasteiger partial charge in [-0.05, 0) is 67.7 Å². The van der Waals surface area contributed by atoms with E-state index in [1.807, 2.05) is 26.0 Å². The number of allylic oxidation sites excluding steroid dienone is 2. The molecule has 1 saturated carbocycles. The van der Waals surface area contributed by atoms with Gasteiger partial charge in [-0.25, -0.2) is 4.39 Å². The summed E-state index contributed by atoms with van der Waals surface area (Å²) in [4.78, 5) is 0. The third-order valence-corrected chi connectivity index (χ3v) is 4.65. The van der Waals surface area contributed by atoms with Crippen LogP contribution in [0, 0.1) is 37.4 Å². The molecular weight excluding hydrogens is 237 g/mol. The smallest absolute Gasteiger partial charge is 0.129 e. The maximum atomic E-state index is 13.6. The lowest BCUT2D eigenvalue weighted by molar-refractivity contribution is 0.414. The normalized spacial score (nSPS) is 28.3. The van der Waals surface area contributed by atoms with Crippen molar-refractivity contribution in [2.24, 2.45) is 17.8 Å². The molecule has 1 aromatic carbocycles. The second kappa shape index (κ2) is 5.09. The van der Waals surface area contributed by atoms with Gasteiger partial charge in [0.2, 0.25) is 0 Å². The molecule has 3 unspecified atom stereocenters. The first-order valence-corrected chi connectivity index (χ1v) is 7.28. The highest BCUT2D eigenvalue weighted by molar-refractivity contribution is 5.30. The fraction of sp³-hybridized carbons (Fsp3) is 0.529. The maximum absolute atomic E-state index is 13.6. The van der Waals surface area contributed by atoms with E-state index in [1.165, 1.54) is 18.4 Å². The summed E-state index contributed by atoms with van der Waals surface area (Å²) < 4.78 is 13.6. The minimum Gasteiger partial charge on any atom is -0.312 e. The number of benzene rings is 1. The summed E-state index contributed by atoms with van der Waals surface area (Å²) in [6.45, 7) is 5.61. The van der Waals surface area contributed by atoms with Gasteiger partial charge in [0.15, 0.2) is 0 Å². The number of nitrogens with one attached hydrogen (secondary N) is 1. The largest absolute Gasteiger partial charge is 0.312 e. The number of hydrogen-bond acceptors (Lipinski definition) is 1. The molecule has 3 atom stereocenters. The van der Waals surface area contributed by atoms with E-state index < -0.39 is 0 Å². The first kappa shape index (κ1) is 12.9. The van der Waals surface area contributed by atoms with Gasteiger partial charge in [0.05, 0.1) is 0 Å². The van der Waals surface area contributed by atoms with Crippen LogP contribution in [0.25, 0.3) is 0 Å². The third-order valence-electron chi connectivity index (χ3n) is 4.65. The molecule has 0 aromatic heterocycles. The van der Waals surface area contributed by atoms with E-state index in [-0.39, 0.29) is 5.82 Å². The number of halogens is 1. The zero-order valence-electron chi connectivity index (χ0n) is 11.7. The Balaban J connectivity index is 1.54. The second-order valence-corrected chi connectivity index (χ2v) is 6.21. The Morgan fingerprint density at radius 1 is 1.16 bits per heavy atom. The number of rotatable bonds is 4. The van der Waals surface area contributed by atoms with Crippen molar-refractivity contribution in [2.45, 2.75) is 33.2 Å². The molecule has 1 nitrogen and oxygen atoms in total. The molecule has 2 aliphatic carbocycles. The molecule has 2 bridgehead atoms. The van der Waals surface area contributed by atoms with E-state index in [4.69, 9.17) is 0 Å². The molecule has 2 aliphatic rings. The zero-order chi connectivity index (χ0) is 13.4. The highest BCUT2D eigenvalue weighted by atomic mass is 19.1. The highest BCUT2D eigenvalue weighted by Gasteiger charge is 2.34. The molecule has 3 rings (SSSR count). The summed E-state index contributed by atoms with van der Waals surface area (Å²) in [5.74, 6) is 2.38. The van der Waals surface area contributed by atoms with Gasteiger partial charge < -0.3 is 5.32 Å². The predicted octanol–water partition coefficient (Wildman–Crippen LogP) is 3.74. The lowest BCUT2D eigenvalue weighted by Gasteiger charge is -2.18. The van der Waals surface area contributed by atoms with Gasteiger partial charge in [-0.3, -0.25) is 0 Å². The first-order chi connectivity index (χ1) is 9.13. The van der Waals surface area contributed by atoms with Crippen LogP contribution in [0.15, 0.2) is 24.3 Å². The van der Waals surface area contributed by atoms with E-state index in [2.05, 4.69) is 17.5 Å². The Morgan fingerprint density at radius 3 is 2.47 bits per heavy atom. The molecule has 1 aromatic rings. The molecular formula is C17H22FN. The SMILES string of the molecule is Cc1cc(CNCC2CC3C=CC2C3)cc(C)c1F. The molecule has 0 spiro atoms. The minimum atomic E-state index is -0.0676. The van der Waals surface area contributed by atoms with E-state index in [9.17, 15) is 4.39 Å². The van der Waals surface area contributed by atoms with Crippen molar-refractivity contribution in [1.82, 2.24) is 5.32 Å². The second-order valence-electron chi connectivity index (χ2n) is 6.21. The summed E-state index contributed by atoms with van der Waals surface area (Å²) in [5.41, 5.74) is 2.69. The number of fused-ring (bicyclic) bond motifs is 2. The average Bonchev–Trinajstić information content (AvgIpc) is 2.98. The average molecular weight is 259 g/mol. The standard InChI is InChI=1S/C17H22FN/c1-11-5-14(6-12(2)17(11)18)9-19-10-16-8-13-3-4-15(16)7-13/h3-6,13,15-16,19H,7-10H2,1-2H3. The zero-order valence-corrected chi connectivity index (χ0v) is 11.7. The van der Waals surface area contributed by atoms with E-state index in [0.717, 1.165) is 42.0 Å². The predicted molar refractivity (Wildman–Crippen MR) is 76.4 cm³/mol. The van der Waals surface area contributed by atoms with Gasteiger partial charge in [0.1, 0.15) is 5.82 Å². The lowest BCUT2D eigenvalue weighted by atomic mass is 9.93. The van der Waals surface area contributed by atoms with Gasteiger partial charge in [-0.2, -0.15) is 0 Å². The summed E-state index contributed by atoms with van der Waals surface area (Å²) in [6.07, 6.45) is 7.48. The Hall–Kier alpha value is -1.15. The third kappa shape index (κ3) is 2.59. The Kier molecular flexibility index (Phi) is 3.44. The maximum Gasteiger partial charge on any atom is 0.129 e. The van der Waals surface area contributed by atoms with Crippen LogP contribution in [0.2, 0.25) is 0 Å². The van der Waals surface area contributed by atoms with Crippen LogP contribution in [0.5, 0.6) is 0 Å². The van der Waals surface area contributed by atoms with Crippen LogP contribution in [-0.4, -0.2) is 6.54 Å². The van der Waals surface area contributed by atoms with Crippen molar-refractivity contribution in [3.05, 3.63) is 46.8 Å². The number of hydrogen-bond donors (Lipinski definition) is 1. The van der Waals surface area contributed by atoms with Crippen molar-refractivity contribution in [1.29, 1.82) is 0 Å². The summed E-state index contributed by atoms with van der Waals surface area (Å²) in [7, 11) is 0. The molecule has 1 fully saturated rings. The fourth-order valence-electron chi connectivity index (χ4n) is 3.67. The fourth-order valence-corrected chi connectivity index (χ4v) is 3.67. The van der Waals surface area contributed by atoms with Gasteiger partial charge in [-0.15, -0.1) is 0 Å². The van der Waals surface area contributed by atoms with Crippen molar-refractivity contribution in [2.75, 3.05) is 6.54 Å². The molecule has 0 radical (unpaired) electrons. The van der Waals surface area contributed by atoms with Crippen LogP contribution in [0.3, 0.4) is 0 Å². The van der Waals surface area contributed by atoms with E-state index in [1.54, 1.807) is 0 Å². The first-order valence-electron chi connectivity index (χ1n) is 7.28. The van der Waals surface area contributed by atoms with Gasteiger partial charge in [-0.1, -0.05) is 24.3 Å².